The molecule has 1 atom stereocenters. The molecular weight excluding hydrogens is 504 g/mol. The minimum atomic E-state index is -4.78. The number of nitrogens with one attached hydrogen (secondary N) is 1. The number of carbonyl (C=O) groups is 1. The van der Waals surface area contributed by atoms with Crippen molar-refractivity contribution in [3.05, 3.63) is 63.7 Å². The molecule has 0 spiro atoms. The van der Waals surface area contributed by atoms with Gasteiger partial charge in [0.25, 0.3) is 5.91 Å². The molecule has 2 aromatic heterocycles. The molecule has 1 amide bonds. The SMILES string of the molecule is CC[C@H](NC(=O)c1cn(-c2c(F)cc(F)cc2F)c2nc(N3CCN(C)CC3)ccc2c1=O)C(F)(F)F. The second-order valence-corrected chi connectivity index (χ2v) is 8.77. The predicted molar refractivity (Wildman–Crippen MR) is 125 cm³/mol. The summed E-state index contributed by atoms with van der Waals surface area (Å²) in [7, 11) is 1.94. The summed E-state index contributed by atoms with van der Waals surface area (Å²) in [5.74, 6) is -4.92. The van der Waals surface area contributed by atoms with Crippen LogP contribution in [0.1, 0.15) is 23.7 Å². The van der Waals surface area contributed by atoms with Gasteiger partial charge in [0.15, 0.2) is 17.3 Å². The van der Waals surface area contributed by atoms with Crippen LogP contribution in [0.25, 0.3) is 16.7 Å². The first-order valence-corrected chi connectivity index (χ1v) is 11.4. The molecular formula is C24H23F6N5O2. The van der Waals surface area contributed by atoms with Gasteiger partial charge in [-0.05, 0) is 25.6 Å². The minimum absolute atomic E-state index is 0.245. The highest BCUT2D eigenvalue weighted by molar-refractivity contribution is 5.97. The van der Waals surface area contributed by atoms with Gasteiger partial charge >= 0.3 is 6.18 Å². The Balaban J connectivity index is 1.92. The molecule has 1 fully saturated rings. The zero-order valence-electron chi connectivity index (χ0n) is 19.9. The number of anilines is 1. The molecule has 0 radical (unpaired) electrons. The van der Waals surface area contributed by atoms with Crippen molar-refractivity contribution in [3.8, 4) is 5.69 Å². The number of amides is 1. The fourth-order valence-electron chi connectivity index (χ4n) is 4.15. The van der Waals surface area contributed by atoms with E-state index >= 15 is 0 Å². The molecule has 1 aliphatic rings. The number of fused-ring (bicyclic) bond motifs is 1. The van der Waals surface area contributed by atoms with Gasteiger partial charge in [-0.1, -0.05) is 6.92 Å². The van der Waals surface area contributed by atoms with Gasteiger partial charge in [-0.2, -0.15) is 13.2 Å². The summed E-state index contributed by atoms with van der Waals surface area (Å²) < 4.78 is 83.7. The lowest BCUT2D eigenvalue weighted by Gasteiger charge is -2.33. The van der Waals surface area contributed by atoms with Crippen LogP contribution in [-0.4, -0.2) is 65.8 Å². The van der Waals surface area contributed by atoms with Crippen molar-refractivity contribution in [1.29, 1.82) is 0 Å². The van der Waals surface area contributed by atoms with Crippen molar-refractivity contribution in [3.63, 3.8) is 0 Å². The lowest BCUT2D eigenvalue weighted by Crippen LogP contribution is -2.46. The smallest absolute Gasteiger partial charge is 0.354 e. The normalized spacial score (nSPS) is 15.7. The van der Waals surface area contributed by atoms with E-state index in [4.69, 9.17) is 0 Å². The third kappa shape index (κ3) is 5.26. The van der Waals surface area contributed by atoms with E-state index in [0.717, 1.165) is 10.8 Å². The number of carbonyl (C=O) groups excluding carboxylic acids is 1. The Morgan fingerprint density at radius 2 is 1.70 bits per heavy atom. The molecule has 0 unspecified atom stereocenters. The largest absolute Gasteiger partial charge is 0.408 e. The van der Waals surface area contributed by atoms with E-state index in [0.29, 0.717) is 44.1 Å². The van der Waals surface area contributed by atoms with Crippen molar-refractivity contribution in [2.24, 2.45) is 0 Å². The van der Waals surface area contributed by atoms with E-state index in [9.17, 15) is 35.9 Å². The maximum atomic E-state index is 14.8. The highest BCUT2D eigenvalue weighted by atomic mass is 19.4. The first kappa shape index (κ1) is 26.5. The van der Waals surface area contributed by atoms with Gasteiger partial charge in [-0.25, -0.2) is 18.2 Å². The molecule has 3 aromatic rings. The van der Waals surface area contributed by atoms with E-state index in [1.165, 1.54) is 19.1 Å². The van der Waals surface area contributed by atoms with Crippen molar-refractivity contribution in [2.75, 3.05) is 38.1 Å². The molecule has 7 nitrogen and oxygen atoms in total. The number of hydrogen-bond acceptors (Lipinski definition) is 5. The van der Waals surface area contributed by atoms with E-state index in [2.05, 4.69) is 9.88 Å². The number of halogens is 6. The number of benzene rings is 1. The maximum Gasteiger partial charge on any atom is 0.408 e. The Labute approximate surface area is 207 Å². The summed E-state index contributed by atoms with van der Waals surface area (Å²) in [6.07, 6.45) is -4.56. The minimum Gasteiger partial charge on any atom is -0.354 e. The first-order valence-electron chi connectivity index (χ1n) is 11.4. The lowest BCUT2D eigenvalue weighted by atomic mass is 10.1. The van der Waals surface area contributed by atoms with Crippen LogP contribution in [0.5, 0.6) is 0 Å². The summed E-state index contributed by atoms with van der Waals surface area (Å²) in [6.45, 7) is 3.78. The molecule has 0 bridgehead atoms. The van der Waals surface area contributed by atoms with Gasteiger partial charge in [0.05, 0.1) is 5.39 Å². The summed E-state index contributed by atoms with van der Waals surface area (Å²) in [5, 5.41) is 1.50. The molecule has 1 aliphatic heterocycles. The summed E-state index contributed by atoms with van der Waals surface area (Å²) in [5.41, 5.74) is -2.84. The van der Waals surface area contributed by atoms with Crippen LogP contribution in [0.15, 0.2) is 35.3 Å². The van der Waals surface area contributed by atoms with E-state index in [-0.39, 0.29) is 11.0 Å². The number of alkyl halides is 3. The number of rotatable bonds is 5. The number of piperazine rings is 1. The fraction of sp³-hybridized carbons (Fsp3) is 0.375. The highest BCUT2D eigenvalue weighted by Gasteiger charge is 2.39. The Kier molecular flexibility index (Phi) is 7.18. The Morgan fingerprint density at radius 3 is 2.27 bits per heavy atom. The molecule has 1 N–H and O–H groups in total. The number of likely N-dealkylation sites (N-methyl/N-ethyl adjacent to an activating group) is 1. The summed E-state index contributed by atoms with van der Waals surface area (Å²) >= 11 is 0. The van der Waals surface area contributed by atoms with E-state index in [1.54, 1.807) is 5.32 Å². The first-order chi connectivity index (χ1) is 17.4. The fourth-order valence-corrected chi connectivity index (χ4v) is 4.15. The Bertz CT molecular complexity index is 1380. The molecule has 198 valence electrons. The number of hydrogen-bond donors (Lipinski definition) is 1. The van der Waals surface area contributed by atoms with E-state index < -0.39 is 58.7 Å². The van der Waals surface area contributed by atoms with Gasteiger partial charge in [0.1, 0.15) is 28.9 Å². The van der Waals surface area contributed by atoms with Gasteiger partial charge in [0.2, 0.25) is 5.43 Å². The lowest BCUT2D eigenvalue weighted by molar-refractivity contribution is -0.153. The molecule has 4 rings (SSSR count). The van der Waals surface area contributed by atoms with Crippen molar-refractivity contribution < 1.29 is 31.1 Å². The van der Waals surface area contributed by atoms with Crippen LogP contribution < -0.4 is 15.6 Å². The van der Waals surface area contributed by atoms with Gasteiger partial charge in [0, 0.05) is 44.5 Å². The molecule has 1 aromatic carbocycles. The quantitative estimate of drug-likeness (QED) is 0.514. The van der Waals surface area contributed by atoms with Crippen molar-refractivity contribution >= 4 is 22.8 Å². The molecule has 13 heteroatoms. The third-order valence-corrected chi connectivity index (χ3v) is 6.24. The predicted octanol–water partition coefficient (Wildman–Crippen LogP) is 3.63. The van der Waals surface area contributed by atoms with Crippen LogP contribution >= 0.6 is 0 Å². The molecule has 0 saturated carbocycles. The zero-order chi connectivity index (χ0) is 27.1. The zero-order valence-corrected chi connectivity index (χ0v) is 19.9. The second kappa shape index (κ2) is 10.0. The number of nitrogens with zero attached hydrogens (tertiary/aromatic N) is 4. The molecule has 3 heterocycles. The van der Waals surface area contributed by atoms with Crippen molar-refractivity contribution in [1.82, 2.24) is 19.8 Å². The van der Waals surface area contributed by atoms with Crippen LogP contribution in [0.3, 0.4) is 0 Å². The van der Waals surface area contributed by atoms with Crippen LogP contribution in [0.4, 0.5) is 32.2 Å². The number of aromatic nitrogens is 2. The molecule has 37 heavy (non-hydrogen) atoms. The van der Waals surface area contributed by atoms with Crippen LogP contribution in [-0.2, 0) is 0 Å². The van der Waals surface area contributed by atoms with Crippen LogP contribution in [0, 0.1) is 17.5 Å². The topological polar surface area (TPSA) is 70.5 Å². The third-order valence-electron chi connectivity index (χ3n) is 6.24. The second-order valence-electron chi connectivity index (χ2n) is 8.77. The van der Waals surface area contributed by atoms with Gasteiger partial charge in [-0.15, -0.1) is 0 Å². The maximum absolute atomic E-state index is 14.8. The Hall–Kier alpha value is -3.61. The van der Waals surface area contributed by atoms with Crippen LogP contribution in [0.2, 0.25) is 0 Å². The standard InChI is InChI=1S/C24H23F6N5O2/c1-3-18(24(28,29)30)31-23(37)15-12-35(20-16(26)10-13(25)11-17(20)27)22-14(21(15)36)4-5-19(32-22)34-8-6-33(2)7-9-34/h4-5,10-12,18H,3,6-9H2,1-2H3,(H,31,37)/t18-/m0/s1. The molecule has 0 aliphatic carbocycles. The van der Waals surface area contributed by atoms with Gasteiger partial charge < -0.3 is 15.1 Å². The average molecular weight is 527 g/mol. The van der Waals surface area contributed by atoms with E-state index in [1.807, 2.05) is 11.9 Å². The number of pyridine rings is 2. The Morgan fingerprint density at radius 1 is 1.08 bits per heavy atom. The highest BCUT2D eigenvalue weighted by Crippen LogP contribution is 2.26. The summed E-state index contributed by atoms with van der Waals surface area (Å²) in [6, 6.07) is 1.35. The average Bonchev–Trinajstić information content (AvgIpc) is 2.82. The van der Waals surface area contributed by atoms with Gasteiger partial charge in [-0.3, -0.25) is 14.2 Å². The summed E-state index contributed by atoms with van der Waals surface area (Å²) in [4.78, 5) is 34.3. The van der Waals surface area contributed by atoms with Crippen molar-refractivity contribution in [2.45, 2.75) is 25.6 Å². The monoisotopic (exact) mass is 527 g/mol. The molecule has 1 saturated heterocycles.